The number of rotatable bonds is 5. The third kappa shape index (κ3) is 3.93. The lowest BCUT2D eigenvalue weighted by atomic mass is 10.2. The highest BCUT2D eigenvalue weighted by molar-refractivity contribution is 5.92. The Kier molecular flexibility index (Phi) is 4.83. The van der Waals surface area contributed by atoms with Crippen molar-refractivity contribution in [3.05, 3.63) is 24.3 Å². The summed E-state index contributed by atoms with van der Waals surface area (Å²) >= 11 is 0. The Labute approximate surface area is 96.8 Å². The van der Waals surface area contributed by atoms with Gasteiger partial charge in [0.15, 0.2) is 0 Å². The fourth-order valence-electron chi connectivity index (χ4n) is 1.17. The molecule has 1 aromatic carbocycles. The van der Waals surface area contributed by atoms with E-state index in [0.717, 1.165) is 17.9 Å². The van der Waals surface area contributed by atoms with E-state index in [0.29, 0.717) is 6.61 Å². The summed E-state index contributed by atoms with van der Waals surface area (Å²) in [6.07, 6.45) is 0.975. The molecule has 1 amide bonds. The summed E-state index contributed by atoms with van der Waals surface area (Å²) in [6.45, 7) is 6.49. The van der Waals surface area contributed by atoms with Crippen molar-refractivity contribution >= 4 is 11.6 Å². The molecule has 1 aromatic rings. The maximum absolute atomic E-state index is 11.5. The van der Waals surface area contributed by atoms with Gasteiger partial charge in [-0.15, -0.1) is 0 Å². The Morgan fingerprint density at radius 2 is 2.19 bits per heavy atom. The first kappa shape index (κ1) is 12.6. The van der Waals surface area contributed by atoms with Crippen LogP contribution >= 0.6 is 0 Å². The summed E-state index contributed by atoms with van der Waals surface area (Å²) in [5.74, 6) is 0.802. The van der Waals surface area contributed by atoms with Gasteiger partial charge in [0.25, 0.3) is 0 Å². The van der Waals surface area contributed by atoms with Crippen molar-refractivity contribution in [3.8, 4) is 5.75 Å². The summed E-state index contributed by atoms with van der Waals surface area (Å²) in [5, 5.41) is 2.84. The van der Waals surface area contributed by atoms with E-state index in [4.69, 9.17) is 4.74 Å². The highest BCUT2D eigenvalue weighted by Gasteiger charge is 2.07. The Bertz CT molecular complexity index is 348. The van der Waals surface area contributed by atoms with Gasteiger partial charge in [0.1, 0.15) is 5.75 Å². The van der Waals surface area contributed by atoms with E-state index in [2.05, 4.69) is 12.2 Å². The SMILES string of the molecule is CCCOc1cccc(NC(=O)C(C)C)c1. The Morgan fingerprint density at radius 3 is 2.81 bits per heavy atom. The van der Waals surface area contributed by atoms with Crippen LogP contribution in [-0.2, 0) is 4.79 Å². The molecule has 3 nitrogen and oxygen atoms in total. The molecule has 1 rings (SSSR count). The number of carbonyl (C=O) groups is 1. The molecule has 3 heteroatoms. The molecule has 16 heavy (non-hydrogen) atoms. The maximum atomic E-state index is 11.5. The van der Waals surface area contributed by atoms with Crippen LogP contribution in [-0.4, -0.2) is 12.5 Å². The van der Waals surface area contributed by atoms with Gasteiger partial charge < -0.3 is 10.1 Å². The van der Waals surface area contributed by atoms with Crippen molar-refractivity contribution in [2.45, 2.75) is 27.2 Å². The molecule has 0 aliphatic rings. The number of hydrogen-bond acceptors (Lipinski definition) is 2. The quantitative estimate of drug-likeness (QED) is 0.829. The van der Waals surface area contributed by atoms with Gasteiger partial charge in [-0.05, 0) is 18.6 Å². The number of ether oxygens (including phenoxy) is 1. The molecular formula is C13H19NO2. The molecule has 0 heterocycles. The van der Waals surface area contributed by atoms with Crippen LogP contribution in [0, 0.1) is 5.92 Å². The van der Waals surface area contributed by atoms with Gasteiger partial charge in [0.05, 0.1) is 6.61 Å². The molecule has 0 saturated carbocycles. The number of hydrogen-bond donors (Lipinski definition) is 1. The number of nitrogens with one attached hydrogen (secondary N) is 1. The van der Waals surface area contributed by atoms with Gasteiger partial charge in [-0.3, -0.25) is 4.79 Å². The van der Waals surface area contributed by atoms with Crippen molar-refractivity contribution in [2.24, 2.45) is 5.92 Å². The Hall–Kier alpha value is -1.51. The van der Waals surface area contributed by atoms with Crippen LogP contribution in [0.5, 0.6) is 5.75 Å². The van der Waals surface area contributed by atoms with Gasteiger partial charge in [0, 0.05) is 17.7 Å². The van der Waals surface area contributed by atoms with Gasteiger partial charge in [-0.1, -0.05) is 26.8 Å². The minimum atomic E-state index is -0.0137. The van der Waals surface area contributed by atoms with E-state index in [1.165, 1.54) is 0 Å². The lowest BCUT2D eigenvalue weighted by Gasteiger charge is -2.09. The third-order valence-corrected chi connectivity index (χ3v) is 2.10. The second kappa shape index (κ2) is 6.16. The lowest BCUT2D eigenvalue weighted by Crippen LogP contribution is -2.17. The fourth-order valence-corrected chi connectivity index (χ4v) is 1.17. The third-order valence-electron chi connectivity index (χ3n) is 2.10. The zero-order valence-corrected chi connectivity index (χ0v) is 10.1. The molecule has 0 fully saturated rings. The minimum Gasteiger partial charge on any atom is -0.494 e. The van der Waals surface area contributed by atoms with Crippen molar-refractivity contribution < 1.29 is 9.53 Å². The molecule has 0 atom stereocenters. The Morgan fingerprint density at radius 1 is 1.44 bits per heavy atom. The molecule has 1 N–H and O–H groups in total. The number of benzene rings is 1. The largest absolute Gasteiger partial charge is 0.494 e. The monoisotopic (exact) mass is 221 g/mol. The smallest absolute Gasteiger partial charge is 0.226 e. The van der Waals surface area contributed by atoms with Crippen LogP contribution in [0.4, 0.5) is 5.69 Å². The van der Waals surface area contributed by atoms with Crippen molar-refractivity contribution in [1.82, 2.24) is 0 Å². The molecule has 0 radical (unpaired) electrons. The first-order chi connectivity index (χ1) is 7.63. The van der Waals surface area contributed by atoms with Crippen molar-refractivity contribution in [2.75, 3.05) is 11.9 Å². The normalized spacial score (nSPS) is 10.2. The first-order valence-electron chi connectivity index (χ1n) is 5.67. The first-order valence-corrected chi connectivity index (χ1v) is 5.67. The molecule has 0 aliphatic carbocycles. The molecule has 0 spiro atoms. The van der Waals surface area contributed by atoms with Crippen LogP contribution < -0.4 is 10.1 Å². The summed E-state index contributed by atoms with van der Waals surface area (Å²) in [6, 6.07) is 7.47. The predicted octanol–water partition coefficient (Wildman–Crippen LogP) is 3.07. The van der Waals surface area contributed by atoms with Gasteiger partial charge >= 0.3 is 0 Å². The summed E-state index contributed by atoms with van der Waals surface area (Å²) in [7, 11) is 0. The standard InChI is InChI=1S/C13H19NO2/c1-4-8-16-12-7-5-6-11(9-12)14-13(15)10(2)3/h5-7,9-10H,4,8H2,1-3H3,(H,14,15). The van der Waals surface area contributed by atoms with Gasteiger partial charge in [-0.25, -0.2) is 0 Å². The van der Waals surface area contributed by atoms with E-state index >= 15 is 0 Å². The van der Waals surface area contributed by atoms with Crippen LogP contribution in [0.25, 0.3) is 0 Å². The van der Waals surface area contributed by atoms with E-state index in [-0.39, 0.29) is 11.8 Å². The van der Waals surface area contributed by atoms with Crippen LogP contribution in [0.3, 0.4) is 0 Å². The van der Waals surface area contributed by atoms with Crippen LogP contribution in [0.2, 0.25) is 0 Å². The van der Waals surface area contributed by atoms with Crippen LogP contribution in [0.1, 0.15) is 27.2 Å². The van der Waals surface area contributed by atoms with E-state index in [9.17, 15) is 4.79 Å². The molecule has 0 bridgehead atoms. The van der Waals surface area contributed by atoms with E-state index in [1.54, 1.807) is 0 Å². The highest BCUT2D eigenvalue weighted by atomic mass is 16.5. The van der Waals surface area contributed by atoms with Gasteiger partial charge in [0.2, 0.25) is 5.91 Å². The second-order valence-corrected chi connectivity index (χ2v) is 4.02. The number of carbonyl (C=O) groups excluding carboxylic acids is 1. The van der Waals surface area contributed by atoms with E-state index < -0.39 is 0 Å². The molecule has 0 unspecified atom stereocenters. The topological polar surface area (TPSA) is 38.3 Å². The fraction of sp³-hybridized carbons (Fsp3) is 0.462. The Balaban J connectivity index is 2.63. The maximum Gasteiger partial charge on any atom is 0.226 e. The second-order valence-electron chi connectivity index (χ2n) is 4.02. The summed E-state index contributed by atoms with van der Waals surface area (Å²) in [4.78, 5) is 11.5. The summed E-state index contributed by atoms with van der Waals surface area (Å²) in [5.41, 5.74) is 0.785. The van der Waals surface area contributed by atoms with Crippen LogP contribution in [0.15, 0.2) is 24.3 Å². The van der Waals surface area contributed by atoms with Crippen molar-refractivity contribution in [3.63, 3.8) is 0 Å². The highest BCUT2D eigenvalue weighted by Crippen LogP contribution is 2.18. The zero-order valence-electron chi connectivity index (χ0n) is 10.1. The summed E-state index contributed by atoms with van der Waals surface area (Å²) < 4.78 is 5.49. The van der Waals surface area contributed by atoms with Gasteiger partial charge in [-0.2, -0.15) is 0 Å². The van der Waals surface area contributed by atoms with E-state index in [1.807, 2.05) is 38.1 Å². The molecular weight excluding hydrogens is 202 g/mol. The average molecular weight is 221 g/mol. The number of amides is 1. The lowest BCUT2D eigenvalue weighted by molar-refractivity contribution is -0.118. The molecule has 0 aliphatic heterocycles. The molecule has 88 valence electrons. The zero-order chi connectivity index (χ0) is 12.0. The molecule has 0 saturated heterocycles. The predicted molar refractivity (Wildman–Crippen MR) is 65.7 cm³/mol. The average Bonchev–Trinajstić information content (AvgIpc) is 2.26. The number of anilines is 1. The van der Waals surface area contributed by atoms with Crippen molar-refractivity contribution in [1.29, 1.82) is 0 Å². The molecule has 0 aromatic heterocycles. The minimum absolute atomic E-state index is 0.0137.